The van der Waals surface area contributed by atoms with Crippen LogP contribution in [0, 0.1) is 5.41 Å². The number of nitrogens with one attached hydrogen (secondary N) is 1. The van der Waals surface area contributed by atoms with E-state index in [0.29, 0.717) is 0 Å². The monoisotopic (exact) mass is 121 g/mol. The third kappa shape index (κ3) is 1.97. The zero-order valence-corrected chi connectivity index (χ0v) is 7.02. The summed E-state index contributed by atoms with van der Waals surface area (Å²) in [5.74, 6) is 0. The molecular weight excluding hydrogens is 113 g/mol. The van der Waals surface area contributed by atoms with Crippen molar-refractivity contribution in [1.82, 2.24) is 5.01 Å². The Bertz CT molecular complexity index is 108. The van der Waals surface area contributed by atoms with Crippen molar-refractivity contribution in [2.24, 2.45) is 5.10 Å². The van der Waals surface area contributed by atoms with E-state index in [9.17, 15) is 0 Å². The summed E-state index contributed by atoms with van der Waals surface area (Å²) in [6.07, 6.45) is 1.21. The zero-order valence-electron chi connectivity index (χ0n) is 6.02. The summed E-state index contributed by atoms with van der Waals surface area (Å²) in [7, 11) is 0. The Hall–Kier alpha value is 0.180. The SMILES string of the molecule is N=C=NN1CCC1.[H-].[Na+]. The van der Waals surface area contributed by atoms with Crippen LogP contribution in [0.1, 0.15) is 7.85 Å². The van der Waals surface area contributed by atoms with Gasteiger partial charge in [0.2, 0.25) is 0 Å². The molecule has 1 fully saturated rings. The van der Waals surface area contributed by atoms with E-state index in [4.69, 9.17) is 5.41 Å². The zero-order chi connectivity index (χ0) is 5.11. The van der Waals surface area contributed by atoms with Crippen LogP contribution in [0.2, 0.25) is 0 Å². The first-order valence-corrected chi connectivity index (χ1v) is 2.31. The van der Waals surface area contributed by atoms with Gasteiger partial charge in [0, 0.05) is 13.1 Å². The molecule has 0 amide bonds. The van der Waals surface area contributed by atoms with Gasteiger partial charge in [0.1, 0.15) is 6.01 Å². The molecule has 1 N–H and O–H groups in total. The van der Waals surface area contributed by atoms with Crippen molar-refractivity contribution in [1.29, 1.82) is 5.41 Å². The second kappa shape index (κ2) is 4.10. The Balaban J connectivity index is 0. The van der Waals surface area contributed by atoms with E-state index in [-0.39, 0.29) is 31.0 Å². The van der Waals surface area contributed by atoms with Gasteiger partial charge in [-0.3, -0.25) is 5.01 Å². The minimum atomic E-state index is 0. The summed E-state index contributed by atoms with van der Waals surface area (Å²) in [5.41, 5.74) is 0. The molecule has 0 aromatic heterocycles. The molecule has 0 spiro atoms. The van der Waals surface area contributed by atoms with E-state index in [0.717, 1.165) is 13.1 Å². The molecule has 0 unspecified atom stereocenters. The van der Waals surface area contributed by atoms with Crippen molar-refractivity contribution in [3.63, 3.8) is 0 Å². The molecule has 40 valence electrons. The predicted molar refractivity (Wildman–Crippen MR) is 27.5 cm³/mol. The quantitative estimate of drug-likeness (QED) is 0.302. The predicted octanol–water partition coefficient (Wildman–Crippen LogP) is -2.52. The molecule has 1 heterocycles. The first-order chi connectivity index (χ1) is 3.43. The molecule has 8 heavy (non-hydrogen) atoms. The van der Waals surface area contributed by atoms with Crippen molar-refractivity contribution < 1.29 is 31.0 Å². The fraction of sp³-hybridized carbons (Fsp3) is 0.750. The molecule has 3 nitrogen and oxygen atoms in total. The number of hydrazone groups is 1. The van der Waals surface area contributed by atoms with Gasteiger partial charge >= 0.3 is 29.6 Å². The fourth-order valence-corrected chi connectivity index (χ4v) is 0.470. The minimum Gasteiger partial charge on any atom is -1.00 e. The summed E-state index contributed by atoms with van der Waals surface area (Å²) in [4.78, 5) is 0. The molecule has 0 radical (unpaired) electrons. The van der Waals surface area contributed by atoms with Crippen molar-refractivity contribution in [3.05, 3.63) is 0 Å². The van der Waals surface area contributed by atoms with Gasteiger partial charge < -0.3 is 1.43 Å². The Morgan fingerprint density at radius 3 is 2.38 bits per heavy atom. The van der Waals surface area contributed by atoms with Crippen LogP contribution in [0.4, 0.5) is 0 Å². The molecule has 0 atom stereocenters. The first-order valence-electron chi connectivity index (χ1n) is 2.31. The van der Waals surface area contributed by atoms with E-state index in [1.807, 2.05) is 11.0 Å². The van der Waals surface area contributed by atoms with Crippen LogP contribution in [0.3, 0.4) is 0 Å². The molecule has 0 bridgehead atoms. The maximum Gasteiger partial charge on any atom is 1.00 e. The minimum absolute atomic E-state index is 0. The molecule has 0 aromatic rings. The van der Waals surface area contributed by atoms with Crippen molar-refractivity contribution in [2.75, 3.05) is 13.1 Å². The maximum absolute atomic E-state index is 6.41. The molecular formula is C4H8N3Na. The average molecular weight is 121 g/mol. The first kappa shape index (κ1) is 8.18. The topological polar surface area (TPSA) is 39.5 Å². The van der Waals surface area contributed by atoms with Crippen LogP contribution >= 0.6 is 0 Å². The van der Waals surface area contributed by atoms with Crippen molar-refractivity contribution in [2.45, 2.75) is 6.42 Å². The smallest absolute Gasteiger partial charge is 1.00 e. The van der Waals surface area contributed by atoms with Crippen LogP contribution < -0.4 is 29.6 Å². The molecule has 4 heteroatoms. The van der Waals surface area contributed by atoms with Gasteiger partial charge in [-0.2, -0.15) is 0 Å². The van der Waals surface area contributed by atoms with Gasteiger partial charge in [-0.05, 0) is 6.42 Å². The van der Waals surface area contributed by atoms with Gasteiger partial charge in [0.15, 0.2) is 0 Å². The Labute approximate surface area is 72.0 Å². The van der Waals surface area contributed by atoms with Gasteiger partial charge in [-0.15, -0.1) is 5.10 Å². The summed E-state index contributed by atoms with van der Waals surface area (Å²) in [6.45, 7) is 2.01. The Morgan fingerprint density at radius 2 is 2.25 bits per heavy atom. The van der Waals surface area contributed by atoms with E-state index >= 15 is 0 Å². The van der Waals surface area contributed by atoms with Gasteiger partial charge in [-0.25, -0.2) is 5.41 Å². The average Bonchev–Trinajstić information content (AvgIpc) is 1.55. The molecule has 0 saturated carbocycles. The third-order valence-electron chi connectivity index (χ3n) is 1.02. The standard InChI is InChI=1S/C4H7N3.Na.H/c5-4-6-7-2-1-3-7;;/h5H,1-3H2;;/q;+1;-1. The number of nitrogens with zero attached hydrogens (tertiary/aromatic N) is 2. The van der Waals surface area contributed by atoms with E-state index < -0.39 is 0 Å². The second-order valence-electron chi connectivity index (χ2n) is 1.52. The summed E-state index contributed by atoms with van der Waals surface area (Å²) >= 11 is 0. The van der Waals surface area contributed by atoms with Gasteiger partial charge in [-0.1, -0.05) is 0 Å². The molecule has 1 aliphatic heterocycles. The third-order valence-corrected chi connectivity index (χ3v) is 1.02. The number of rotatable bonds is 1. The van der Waals surface area contributed by atoms with Crippen molar-refractivity contribution in [3.8, 4) is 0 Å². The van der Waals surface area contributed by atoms with Crippen LogP contribution in [-0.4, -0.2) is 24.1 Å². The fourth-order valence-electron chi connectivity index (χ4n) is 0.470. The van der Waals surface area contributed by atoms with E-state index in [2.05, 4.69) is 5.10 Å². The summed E-state index contributed by atoms with van der Waals surface area (Å²) < 4.78 is 0. The van der Waals surface area contributed by atoms with Gasteiger partial charge in [0.25, 0.3) is 0 Å². The van der Waals surface area contributed by atoms with Crippen molar-refractivity contribution >= 4 is 6.01 Å². The maximum atomic E-state index is 6.41. The second-order valence-corrected chi connectivity index (χ2v) is 1.52. The molecule has 1 saturated heterocycles. The Kier molecular flexibility index (Phi) is 4.19. The number of hydrogen-bond donors (Lipinski definition) is 1. The van der Waals surface area contributed by atoms with E-state index in [1.54, 1.807) is 0 Å². The van der Waals surface area contributed by atoms with Crippen LogP contribution in [0.5, 0.6) is 0 Å². The van der Waals surface area contributed by atoms with Crippen LogP contribution in [0.25, 0.3) is 0 Å². The molecule has 0 aromatic carbocycles. The Morgan fingerprint density at radius 1 is 1.62 bits per heavy atom. The van der Waals surface area contributed by atoms with E-state index in [1.165, 1.54) is 6.42 Å². The largest absolute Gasteiger partial charge is 1.00 e. The normalized spacial score (nSPS) is 15.2. The van der Waals surface area contributed by atoms with Crippen LogP contribution in [0.15, 0.2) is 5.10 Å². The number of hydrogen-bond acceptors (Lipinski definition) is 3. The molecule has 0 aliphatic carbocycles. The summed E-state index contributed by atoms with van der Waals surface area (Å²) in [6, 6.07) is 1.97. The molecule has 1 aliphatic rings. The van der Waals surface area contributed by atoms with Crippen LogP contribution in [-0.2, 0) is 0 Å². The summed E-state index contributed by atoms with van der Waals surface area (Å²) in [5, 5.41) is 11.8. The molecule has 1 rings (SSSR count). The van der Waals surface area contributed by atoms with Gasteiger partial charge in [0.05, 0.1) is 0 Å².